The number of aromatic nitrogens is 2. The van der Waals surface area contributed by atoms with Crippen LogP contribution in [0.25, 0.3) is 5.69 Å². The summed E-state index contributed by atoms with van der Waals surface area (Å²) < 4.78 is 6.83. The lowest BCUT2D eigenvalue weighted by molar-refractivity contribution is 0.0695. The van der Waals surface area contributed by atoms with Crippen LogP contribution < -0.4 is 4.74 Å². The van der Waals surface area contributed by atoms with E-state index in [9.17, 15) is 9.90 Å². The molecule has 0 spiro atoms. The Kier molecular flexibility index (Phi) is 2.97. The lowest BCUT2D eigenvalue weighted by Crippen LogP contribution is -2.02. The maximum Gasteiger partial charge on any atom is 0.339 e. The number of carboxylic acid groups (broad SMARTS) is 1. The van der Waals surface area contributed by atoms with Crippen molar-refractivity contribution < 1.29 is 14.6 Å². The van der Waals surface area contributed by atoms with E-state index in [2.05, 4.69) is 5.10 Å². The van der Waals surface area contributed by atoms with E-state index in [4.69, 9.17) is 4.74 Å². The minimum Gasteiger partial charge on any atom is -0.497 e. The van der Waals surface area contributed by atoms with Gasteiger partial charge in [-0.05, 0) is 44.0 Å². The number of hydrogen-bond acceptors (Lipinski definition) is 3. The maximum absolute atomic E-state index is 11.4. The van der Waals surface area contributed by atoms with Crippen LogP contribution in [0.15, 0.2) is 24.3 Å². The Morgan fingerprint density at radius 1 is 1.35 bits per heavy atom. The van der Waals surface area contributed by atoms with Crippen molar-refractivity contribution >= 4 is 5.97 Å². The molecule has 1 saturated carbocycles. The molecule has 0 unspecified atom stereocenters. The zero-order valence-corrected chi connectivity index (χ0v) is 11.5. The zero-order valence-electron chi connectivity index (χ0n) is 11.5. The summed E-state index contributed by atoms with van der Waals surface area (Å²) in [6.45, 7) is 1.80. The summed E-state index contributed by atoms with van der Waals surface area (Å²) in [5.41, 5.74) is 2.58. The number of nitrogens with zero attached hydrogens (tertiary/aromatic N) is 2. The molecular weight excluding hydrogens is 256 g/mol. The fraction of sp³-hybridized carbons (Fsp3) is 0.333. The molecule has 0 aliphatic heterocycles. The van der Waals surface area contributed by atoms with E-state index in [1.54, 1.807) is 18.7 Å². The standard InChI is InChI=1S/C15H16N2O3/c1-9-13(15(18)19)14(10-3-4-10)16-17(9)11-5-7-12(20-2)8-6-11/h5-8,10H,3-4H2,1-2H3,(H,18,19). The van der Waals surface area contributed by atoms with Crippen molar-refractivity contribution in [2.24, 2.45) is 0 Å². The predicted octanol–water partition coefficient (Wildman–Crippen LogP) is 2.76. The van der Waals surface area contributed by atoms with Gasteiger partial charge in [0, 0.05) is 5.92 Å². The van der Waals surface area contributed by atoms with E-state index in [0.717, 1.165) is 24.3 Å². The molecule has 20 heavy (non-hydrogen) atoms. The van der Waals surface area contributed by atoms with E-state index in [0.29, 0.717) is 22.9 Å². The maximum atomic E-state index is 11.4. The highest BCUT2D eigenvalue weighted by Gasteiger charge is 2.33. The first-order valence-corrected chi connectivity index (χ1v) is 6.59. The Morgan fingerprint density at radius 3 is 2.50 bits per heavy atom. The molecular formula is C15H16N2O3. The molecule has 1 aromatic heterocycles. The van der Waals surface area contributed by atoms with Crippen molar-refractivity contribution in [1.82, 2.24) is 9.78 Å². The second-order valence-corrected chi connectivity index (χ2v) is 5.03. The number of carbonyl (C=O) groups is 1. The largest absolute Gasteiger partial charge is 0.497 e. The van der Waals surface area contributed by atoms with E-state index >= 15 is 0 Å². The van der Waals surface area contributed by atoms with Gasteiger partial charge in [0.1, 0.15) is 11.3 Å². The average molecular weight is 272 g/mol. The van der Waals surface area contributed by atoms with Crippen molar-refractivity contribution in [3.05, 3.63) is 41.2 Å². The molecule has 2 aromatic rings. The first-order valence-electron chi connectivity index (χ1n) is 6.59. The summed E-state index contributed by atoms with van der Waals surface area (Å²) in [4.78, 5) is 11.4. The summed E-state index contributed by atoms with van der Waals surface area (Å²) in [7, 11) is 1.61. The van der Waals surface area contributed by atoms with Crippen LogP contribution >= 0.6 is 0 Å². The van der Waals surface area contributed by atoms with Crippen molar-refractivity contribution in [3.63, 3.8) is 0 Å². The molecule has 104 valence electrons. The minimum absolute atomic E-state index is 0.305. The fourth-order valence-corrected chi connectivity index (χ4v) is 2.41. The third-order valence-corrected chi connectivity index (χ3v) is 3.64. The molecule has 1 heterocycles. The summed E-state index contributed by atoms with van der Waals surface area (Å²) in [5, 5.41) is 13.9. The minimum atomic E-state index is -0.899. The van der Waals surface area contributed by atoms with Gasteiger partial charge < -0.3 is 9.84 Å². The molecule has 0 radical (unpaired) electrons. The van der Waals surface area contributed by atoms with Crippen LogP contribution in [-0.2, 0) is 0 Å². The number of carboxylic acids is 1. The number of rotatable bonds is 4. The van der Waals surface area contributed by atoms with Crippen LogP contribution in [0.3, 0.4) is 0 Å². The summed E-state index contributed by atoms with van der Waals surface area (Å²) >= 11 is 0. The highest BCUT2D eigenvalue weighted by atomic mass is 16.5. The van der Waals surface area contributed by atoms with Gasteiger partial charge in [-0.25, -0.2) is 9.48 Å². The number of benzene rings is 1. The van der Waals surface area contributed by atoms with Crippen molar-refractivity contribution in [1.29, 1.82) is 0 Å². The second kappa shape index (κ2) is 4.67. The van der Waals surface area contributed by atoms with Gasteiger partial charge >= 0.3 is 5.97 Å². The molecule has 1 fully saturated rings. The first-order chi connectivity index (χ1) is 9.61. The molecule has 1 aromatic carbocycles. The Bertz CT molecular complexity index is 655. The second-order valence-electron chi connectivity index (χ2n) is 5.03. The van der Waals surface area contributed by atoms with Crippen molar-refractivity contribution in [3.8, 4) is 11.4 Å². The van der Waals surface area contributed by atoms with E-state index < -0.39 is 5.97 Å². The Hall–Kier alpha value is -2.30. The summed E-state index contributed by atoms with van der Waals surface area (Å²) in [6, 6.07) is 7.43. The molecule has 0 saturated heterocycles. The van der Waals surface area contributed by atoms with Crippen LogP contribution in [0.4, 0.5) is 0 Å². The number of ether oxygens (including phenoxy) is 1. The van der Waals surface area contributed by atoms with Gasteiger partial charge in [-0.3, -0.25) is 0 Å². The summed E-state index contributed by atoms with van der Waals surface area (Å²) in [6.07, 6.45) is 2.05. The molecule has 5 nitrogen and oxygen atoms in total. The SMILES string of the molecule is COc1ccc(-n2nc(C3CC3)c(C(=O)O)c2C)cc1. The lowest BCUT2D eigenvalue weighted by atomic mass is 10.1. The highest BCUT2D eigenvalue weighted by Crippen LogP contribution is 2.42. The van der Waals surface area contributed by atoms with Crippen LogP contribution in [-0.4, -0.2) is 28.0 Å². The Labute approximate surface area is 116 Å². The zero-order chi connectivity index (χ0) is 14.3. The molecule has 1 aliphatic carbocycles. The molecule has 0 bridgehead atoms. The van der Waals surface area contributed by atoms with Crippen LogP contribution in [0.1, 0.15) is 40.5 Å². The molecule has 1 aliphatic rings. The fourth-order valence-electron chi connectivity index (χ4n) is 2.41. The monoisotopic (exact) mass is 272 g/mol. The molecule has 3 rings (SSSR count). The van der Waals surface area contributed by atoms with E-state index in [-0.39, 0.29) is 0 Å². The van der Waals surface area contributed by atoms with Crippen molar-refractivity contribution in [2.75, 3.05) is 7.11 Å². The van der Waals surface area contributed by atoms with Gasteiger partial charge in [0.15, 0.2) is 0 Å². The lowest BCUT2D eigenvalue weighted by Gasteiger charge is -2.05. The van der Waals surface area contributed by atoms with Gasteiger partial charge in [-0.15, -0.1) is 0 Å². The van der Waals surface area contributed by atoms with Gasteiger partial charge in [0.2, 0.25) is 0 Å². The van der Waals surface area contributed by atoms with E-state index in [1.807, 2.05) is 24.3 Å². The topological polar surface area (TPSA) is 64.4 Å². The number of methoxy groups -OCH3 is 1. The Morgan fingerprint density at radius 2 is 2.00 bits per heavy atom. The first kappa shape index (κ1) is 12.7. The van der Waals surface area contributed by atoms with E-state index in [1.165, 1.54) is 0 Å². The Balaban J connectivity index is 2.08. The third kappa shape index (κ3) is 2.05. The van der Waals surface area contributed by atoms with Gasteiger partial charge in [0.25, 0.3) is 0 Å². The number of aromatic carboxylic acids is 1. The van der Waals surface area contributed by atoms with Gasteiger partial charge in [0.05, 0.1) is 24.2 Å². The third-order valence-electron chi connectivity index (χ3n) is 3.64. The van der Waals surface area contributed by atoms with Crippen molar-refractivity contribution in [2.45, 2.75) is 25.7 Å². The smallest absolute Gasteiger partial charge is 0.339 e. The van der Waals surface area contributed by atoms with Crippen LogP contribution in [0, 0.1) is 6.92 Å². The molecule has 1 N–H and O–H groups in total. The highest BCUT2D eigenvalue weighted by molar-refractivity contribution is 5.90. The van der Waals surface area contributed by atoms with Crippen LogP contribution in [0.5, 0.6) is 5.75 Å². The molecule has 0 amide bonds. The van der Waals surface area contributed by atoms with Gasteiger partial charge in [-0.2, -0.15) is 5.10 Å². The average Bonchev–Trinajstić information content (AvgIpc) is 3.22. The predicted molar refractivity (Wildman–Crippen MR) is 73.8 cm³/mol. The number of hydrogen-bond donors (Lipinski definition) is 1. The quantitative estimate of drug-likeness (QED) is 0.929. The molecule has 0 atom stereocenters. The summed E-state index contributed by atoms with van der Waals surface area (Å²) in [5.74, 6) is 0.169. The molecule has 5 heteroatoms. The normalized spacial score (nSPS) is 14.3. The van der Waals surface area contributed by atoms with Crippen LogP contribution in [0.2, 0.25) is 0 Å². The van der Waals surface area contributed by atoms with Gasteiger partial charge in [-0.1, -0.05) is 0 Å².